The molecule has 5 nitrogen and oxygen atoms in total. The molecular weight excluding hydrogens is 420 g/mol. The van der Waals surface area contributed by atoms with Gasteiger partial charge in [0.25, 0.3) is 0 Å². The molecule has 0 radical (unpaired) electrons. The van der Waals surface area contributed by atoms with Gasteiger partial charge in [-0.05, 0) is 67.2 Å². The van der Waals surface area contributed by atoms with Crippen LogP contribution in [0, 0.1) is 5.92 Å². The molecule has 0 aliphatic carbocycles. The number of nitrogens with zero attached hydrogens (tertiary/aromatic N) is 2. The molecule has 172 valence electrons. The zero-order valence-electron chi connectivity index (χ0n) is 19.3. The number of aromatic amines is 1. The van der Waals surface area contributed by atoms with Crippen molar-refractivity contribution in [2.24, 2.45) is 11.7 Å². The molecule has 3 fully saturated rings. The fraction of sp³-hybridized carbons (Fsp3) is 0.276. The van der Waals surface area contributed by atoms with Gasteiger partial charge >= 0.3 is 0 Å². The zero-order valence-corrected chi connectivity index (χ0v) is 19.3. The Morgan fingerprint density at radius 2 is 1.68 bits per heavy atom. The van der Waals surface area contributed by atoms with Gasteiger partial charge in [0.15, 0.2) is 5.58 Å². The number of fused-ring (bicyclic) bond motifs is 6. The second kappa shape index (κ2) is 9.09. The summed E-state index contributed by atoms with van der Waals surface area (Å²) in [5, 5.41) is 1.26. The van der Waals surface area contributed by atoms with Crippen LogP contribution in [0.5, 0.6) is 0 Å². The Hall–Kier alpha value is -3.41. The molecule has 1 atom stereocenters. The molecule has 34 heavy (non-hydrogen) atoms. The van der Waals surface area contributed by atoms with Crippen LogP contribution in [0.2, 0.25) is 0 Å². The van der Waals surface area contributed by atoms with E-state index in [1.807, 2.05) is 66.7 Å². The van der Waals surface area contributed by atoms with E-state index in [9.17, 15) is 0 Å². The molecule has 0 amide bonds. The summed E-state index contributed by atoms with van der Waals surface area (Å²) < 4.78 is 6.10. The molecule has 3 N–H and O–H groups in total. The first-order valence-electron chi connectivity index (χ1n) is 12.2. The van der Waals surface area contributed by atoms with E-state index in [1.54, 1.807) is 0 Å². The summed E-state index contributed by atoms with van der Waals surface area (Å²) in [4.78, 5) is 11.0. The van der Waals surface area contributed by atoms with Crippen LogP contribution in [0.25, 0.3) is 33.5 Å². The summed E-state index contributed by atoms with van der Waals surface area (Å²) in [5.41, 5.74) is 12.0. The maximum atomic E-state index is 6.10. The van der Waals surface area contributed by atoms with Gasteiger partial charge in [0.1, 0.15) is 5.52 Å². The summed E-state index contributed by atoms with van der Waals surface area (Å²) in [7, 11) is 0. The van der Waals surface area contributed by atoms with Crippen LogP contribution < -0.4 is 5.73 Å². The molecule has 3 aliphatic rings. The average Bonchev–Trinajstić information content (AvgIpc) is 3.55. The average molecular weight is 451 g/mol. The lowest BCUT2D eigenvalue weighted by molar-refractivity contribution is 0.0877. The molecule has 0 spiro atoms. The highest BCUT2D eigenvalue weighted by Crippen LogP contribution is 2.43. The van der Waals surface area contributed by atoms with Gasteiger partial charge in [-0.3, -0.25) is 0 Å². The minimum atomic E-state index is 0.605. The first kappa shape index (κ1) is 21.1. The summed E-state index contributed by atoms with van der Waals surface area (Å²) in [6.07, 6.45) is 4.86. The molecule has 5 heteroatoms. The van der Waals surface area contributed by atoms with Crippen molar-refractivity contribution in [3.63, 3.8) is 0 Å². The molecule has 2 aromatic heterocycles. The number of hydrogen-bond donors (Lipinski definition) is 2. The maximum Gasteiger partial charge on any atom is 0.227 e. The number of nitrogens with two attached hydrogens (primary N) is 1. The van der Waals surface area contributed by atoms with E-state index in [0.29, 0.717) is 18.4 Å². The number of oxazole rings is 1. The largest absolute Gasteiger partial charge is 0.436 e. The van der Waals surface area contributed by atoms with Crippen LogP contribution >= 0.6 is 0 Å². The summed E-state index contributed by atoms with van der Waals surface area (Å²) in [5.74, 6) is 2.11. The monoisotopic (exact) mass is 450 g/mol. The third-order valence-corrected chi connectivity index (χ3v) is 7.39. The third-order valence-electron chi connectivity index (χ3n) is 7.39. The second-order valence-corrected chi connectivity index (χ2v) is 9.40. The fourth-order valence-corrected chi connectivity index (χ4v) is 5.56. The van der Waals surface area contributed by atoms with Crippen LogP contribution in [-0.4, -0.2) is 34.5 Å². The van der Waals surface area contributed by atoms with Crippen LogP contribution in [0.4, 0.5) is 0 Å². The van der Waals surface area contributed by atoms with Gasteiger partial charge in [0.05, 0.1) is 0 Å². The highest BCUT2D eigenvalue weighted by Gasteiger charge is 2.36. The van der Waals surface area contributed by atoms with Gasteiger partial charge in [-0.1, -0.05) is 48.5 Å². The van der Waals surface area contributed by atoms with Crippen molar-refractivity contribution in [2.75, 3.05) is 19.6 Å². The topological polar surface area (TPSA) is 71.1 Å². The summed E-state index contributed by atoms with van der Waals surface area (Å²) in [6, 6.07) is 24.3. The van der Waals surface area contributed by atoms with Gasteiger partial charge in [-0.25, -0.2) is 4.98 Å². The maximum absolute atomic E-state index is 6.10. The lowest BCUT2D eigenvalue weighted by Gasteiger charge is -2.44. The molecule has 1 unspecified atom stereocenters. The van der Waals surface area contributed by atoms with Crippen molar-refractivity contribution in [1.29, 1.82) is 0 Å². The molecule has 5 aromatic rings. The Morgan fingerprint density at radius 1 is 0.941 bits per heavy atom. The fourth-order valence-electron chi connectivity index (χ4n) is 5.56. The van der Waals surface area contributed by atoms with Gasteiger partial charge in [0, 0.05) is 41.7 Å². The molecule has 3 saturated heterocycles. The quantitative estimate of drug-likeness (QED) is 0.357. The number of nitrogens with one attached hydrogen (secondary N) is 1. The minimum absolute atomic E-state index is 0.605. The Morgan fingerprint density at radius 3 is 2.32 bits per heavy atom. The Bertz CT molecular complexity index is 1380. The molecule has 3 aliphatic heterocycles. The Labute approximate surface area is 199 Å². The molecule has 5 heterocycles. The summed E-state index contributed by atoms with van der Waals surface area (Å²) >= 11 is 0. The first-order chi connectivity index (χ1) is 16.8. The van der Waals surface area contributed by atoms with E-state index in [4.69, 9.17) is 15.1 Å². The normalized spacial score (nSPS) is 21.5. The van der Waals surface area contributed by atoms with Crippen molar-refractivity contribution >= 4 is 22.0 Å². The predicted molar refractivity (Wildman–Crippen MR) is 138 cm³/mol. The molecule has 3 aromatic carbocycles. The SMILES string of the molecule is NCc1ccccc1.c1ccc(-c2nc3c(ccc4[nH]cc(C5CN6CCC5CC6)c43)o2)cc1. The van der Waals surface area contributed by atoms with Gasteiger partial charge in [-0.2, -0.15) is 0 Å². The predicted octanol–water partition coefficient (Wildman–Crippen LogP) is 5.93. The van der Waals surface area contributed by atoms with Crippen LogP contribution in [0.3, 0.4) is 0 Å². The van der Waals surface area contributed by atoms with Crippen LogP contribution in [0.1, 0.15) is 29.9 Å². The molecule has 0 saturated carbocycles. The number of piperidine rings is 3. The molecule has 8 rings (SSSR count). The van der Waals surface area contributed by atoms with E-state index in [0.717, 1.165) is 28.1 Å². The van der Waals surface area contributed by atoms with E-state index in [-0.39, 0.29) is 0 Å². The van der Waals surface area contributed by atoms with E-state index < -0.39 is 0 Å². The lowest BCUT2D eigenvalue weighted by Crippen LogP contribution is -2.46. The van der Waals surface area contributed by atoms with Crippen molar-refractivity contribution in [3.8, 4) is 11.5 Å². The van der Waals surface area contributed by atoms with E-state index in [2.05, 4.69) is 22.1 Å². The number of benzene rings is 3. The van der Waals surface area contributed by atoms with Crippen molar-refractivity contribution in [1.82, 2.24) is 14.9 Å². The Kier molecular flexibility index (Phi) is 5.65. The van der Waals surface area contributed by atoms with Gasteiger partial charge in [-0.15, -0.1) is 0 Å². The molecular formula is C29H30N4O. The first-order valence-corrected chi connectivity index (χ1v) is 12.2. The van der Waals surface area contributed by atoms with Crippen LogP contribution in [0.15, 0.2) is 83.4 Å². The van der Waals surface area contributed by atoms with Crippen LogP contribution in [-0.2, 0) is 6.54 Å². The number of H-pyrrole nitrogens is 1. The third kappa shape index (κ3) is 3.91. The standard InChI is InChI=1S/C22H21N3O.C7H9N/c1-2-4-15(5-3-1)22-24-21-19(26-22)7-6-18-20(21)16(12-23-18)17-13-25-10-8-14(17)9-11-25;8-6-7-4-2-1-3-5-7/h1-7,12,14,17,23H,8-11,13H2;1-5H,6,8H2. The Balaban J connectivity index is 0.000000233. The zero-order chi connectivity index (χ0) is 22.9. The van der Waals surface area contributed by atoms with Crippen molar-refractivity contribution in [2.45, 2.75) is 25.3 Å². The molecule has 2 bridgehead atoms. The van der Waals surface area contributed by atoms with Gasteiger partial charge < -0.3 is 20.0 Å². The van der Waals surface area contributed by atoms with Crippen molar-refractivity contribution in [3.05, 3.63) is 90.1 Å². The number of rotatable bonds is 3. The number of hydrogen-bond acceptors (Lipinski definition) is 4. The second-order valence-electron chi connectivity index (χ2n) is 9.40. The highest BCUT2D eigenvalue weighted by atomic mass is 16.3. The smallest absolute Gasteiger partial charge is 0.227 e. The highest BCUT2D eigenvalue weighted by molar-refractivity contribution is 6.05. The van der Waals surface area contributed by atoms with Gasteiger partial charge in [0.2, 0.25) is 5.89 Å². The minimum Gasteiger partial charge on any atom is -0.436 e. The summed E-state index contributed by atoms with van der Waals surface area (Å²) in [6.45, 7) is 4.35. The lowest BCUT2D eigenvalue weighted by atomic mass is 9.75. The van der Waals surface area contributed by atoms with Crippen molar-refractivity contribution < 1.29 is 4.42 Å². The van der Waals surface area contributed by atoms with E-state index in [1.165, 1.54) is 49.0 Å². The number of aromatic nitrogens is 2. The van der Waals surface area contributed by atoms with E-state index >= 15 is 0 Å².